The number of esters is 1. The number of alkyl halides is 3. The van der Waals surface area contributed by atoms with Gasteiger partial charge < -0.3 is 10.1 Å². The molecule has 0 aliphatic rings. The molecular weight excluding hydrogens is 471 g/mol. The lowest BCUT2D eigenvalue weighted by Crippen LogP contribution is -2.13. The van der Waals surface area contributed by atoms with Crippen molar-refractivity contribution in [3.63, 3.8) is 0 Å². The zero-order valence-corrected chi connectivity index (χ0v) is 19.0. The second-order valence-corrected chi connectivity index (χ2v) is 9.46. The van der Waals surface area contributed by atoms with Gasteiger partial charge in [-0.2, -0.15) is 13.2 Å². The van der Waals surface area contributed by atoms with Crippen molar-refractivity contribution in [2.24, 2.45) is 0 Å². The van der Waals surface area contributed by atoms with Crippen molar-refractivity contribution in [2.45, 2.75) is 24.6 Å². The molecule has 1 amide bonds. The predicted molar refractivity (Wildman–Crippen MR) is 120 cm³/mol. The molecule has 0 aliphatic heterocycles. The Morgan fingerprint density at radius 3 is 2.18 bits per heavy atom. The summed E-state index contributed by atoms with van der Waals surface area (Å²) < 4.78 is 68.8. The van der Waals surface area contributed by atoms with E-state index >= 15 is 0 Å². The number of carbonyl (C=O) groups is 2. The Hall–Kier alpha value is -3.66. The van der Waals surface area contributed by atoms with Gasteiger partial charge in [0.25, 0.3) is 5.91 Å². The van der Waals surface area contributed by atoms with Crippen LogP contribution in [0.5, 0.6) is 0 Å². The Morgan fingerprint density at radius 1 is 0.941 bits per heavy atom. The first-order chi connectivity index (χ1) is 15.9. The molecule has 3 aromatic rings. The van der Waals surface area contributed by atoms with Gasteiger partial charge in [0.1, 0.15) is 6.61 Å². The van der Waals surface area contributed by atoms with Crippen LogP contribution in [0, 0.1) is 0 Å². The molecule has 6 nitrogen and oxygen atoms in total. The smallest absolute Gasteiger partial charge is 0.417 e. The Morgan fingerprint density at radius 2 is 1.59 bits per heavy atom. The maximum atomic E-state index is 13.5. The average molecular weight is 491 g/mol. The van der Waals surface area contributed by atoms with Crippen LogP contribution in [0.1, 0.15) is 28.4 Å². The lowest BCUT2D eigenvalue weighted by molar-refractivity contribution is -0.142. The van der Waals surface area contributed by atoms with Crippen LogP contribution >= 0.6 is 0 Å². The normalized spacial score (nSPS) is 11.7. The summed E-state index contributed by atoms with van der Waals surface area (Å²) >= 11 is 0. The molecule has 10 heteroatoms. The van der Waals surface area contributed by atoms with Crippen molar-refractivity contribution in [2.75, 3.05) is 11.6 Å². The molecule has 1 N–H and O–H groups in total. The van der Waals surface area contributed by atoms with Crippen molar-refractivity contribution in [3.05, 3.63) is 83.4 Å². The summed E-state index contributed by atoms with van der Waals surface area (Å²) in [6.45, 7) is 0.834. The van der Waals surface area contributed by atoms with Crippen LogP contribution in [-0.2, 0) is 32.2 Å². The first-order valence-electron chi connectivity index (χ1n) is 9.90. The Balaban J connectivity index is 1.97. The van der Waals surface area contributed by atoms with E-state index in [0.717, 1.165) is 12.3 Å². The lowest BCUT2D eigenvalue weighted by Gasteiger charge is -2.17. The third kappa shape index (κ3) is 6.02. The van der Waals surface area contributed by atoms with Gasteiger partial charge in [0, 0.05) is 24.4 Å². The SMILES string of the molecule is CC(=O)OCc1cc(C(=O)Nc2ccc(S(C)(=O)=O)cc2)ccc1-c1ccccc1C(F)(F)F. The van der Waals surface area contributed by atoms with Crippen LogP contribution in [0.15, 0.2) is 71.6 Å². The Kier molecular flexibility index (Phi) is 7.11. The molecule has 34 heavy (non-hydrogen) atoms. The second-order valence-electron chi connectivity index (χ2n) is 7.45. The van der Waals surface area contributed by atoms with Crippen molar-refractivity contribution >= 4 is 27.4 Å². The molecule has 0 saturated carbocycles. The number of sulfone groups is 1. The van der Waals surface area contributed by atoms with Crippen molar-refractivity contribution in [1.82, 2.24) is 0 Å². The maximum Gasteiger partial charge on any atom is 0.417 e. The van der Waals surface area contributed by atoms with E-state index < -0.39 is 33.5 Å². The topological polar surface area (TPSA) is 89.5 Å². The molecule has 0 heterocycles. The van der Waals surface area contributed by atoms with Crippen LogP contribution in [0.2, 0.25) is 0 Å². The van der Waals surface area contributed by atoms with Crippen molar-refractivity contribution in [3.8, 4) is 11.1 Å². The van der Waals surface area contributed by atoms with Crippen LogP contribution in [0.4, 0.5) is 18.9 Å². The fourth-order valence-electron chi connectivity index (χ4n) is 3.25. The van der Waals surface area contributed by atoms with Crippen LogP contribution < -0.4 is 5.32 Å². The molecule has 3 aromatic carbocycles. The minimum Gasteiger partial charge on any atom is -0.461 e. The quantitative estimate of drug-likeness (QED) is 0.485. The Bertz CT molecular complexity index is 1330. The highest BCUT2D eigenvalue weighted by Gasteiger charge is 2.33. The monoisotopic (exact) mass is 491 g/mol. The highest BCUT2D eigenvalue weighted by molar-refractivity contribution is 7.90. The maximum absolute atomic E-state index is 13.5. The fraction of sp³-hybridized carbons (Fsp3) is 0.167. The van der Waals surface area contributed by atoms with E-state index in [1.807, 2.05) is 0 Å². The van der Waals surface area contributed by atoms with E-state index in [1.54, 1.807) is 0 Å². The molecule has 0 spiro atoms. The first-order valence-corrected chi connectivity index (χ1v) is 11.8. The molecule has 0 saturated heterocycles. The lowest BCUT2D eigenvalue weighted by atomic mass is 9.93. The van der Waals surface area contributed by atoms with Gasteiger partial charge in [-0.25, -0.2) is 8.42 Å². The van der Waals surface area contributed by atoms with E-state index in [1.165, 1.54) is 67.6 Å². The minimum atomic E-state index is -4.61. The molecule has 0 bridgehead atoms. The van der Waals surface area contributed by atoms with Crippen LogP contribution in [-0.4, -0.2) is 26.6 Å². The molecule has 0 aromatic heterocycles. The molecule has 3 rings (SSSR count). The van der Waals surface area contributed by atoms with E-state index in [-0.39, 0.29) is 33.8 Å². The Labute approximate surface area is 194 Å². The fourth-order valence-corrected chi connectivity index (χ4v) is 3.88. The van der Waals surface area contributed by atoms with Gasteiger partial charge in [-0.15, -0.1) is 0 Å². The number of carbonyl (C=O) groups excluding carboxylic acids is 2. The second kappa shape index (κ2) is 9.68. The van der Waals surface area contributed by atoms with E-state index in [2.05, 4.69) is 5.32 Å². The van der Waals surface area contributed by atoms with E-state index in [0.29, 0.717) is 5.69 Å². The van der Waals surface area contributed by atoms with E-state index in [4.69, 9.17) is 4.74 Å². The van der Waals surface area contributed by atoms with Gasteiger partial charge in [-0.1, -0.05) is 24.3 Å². The summed E-state index contributed by atoms with van der Waals surface area (Å²) in [5.74, 6) is -1.21. The van der Waals surface area contributed by atoms with E-state index in [9.17, 15) is 31.2 Å². The van der Waals surface area contributed by atoms with Crippen LogP contribution in [0.3, 0.4) is 0 Å². The highest BCUT2D eigenvalue weighted by Crippen LogP contribution is 2.38. The number of amides is 1. The summed E-state index contributed by atoms with van der Waals surface area (Å²) in [7, 11) is -3.40. The minimum absolute atomic E-state index is 0.0850. The molecule has 0 atom stereocenters. The number of hydrogen-bond donors (Lipinski definition) is 1. The summed E-state index contributed by atoms with van der Waals surface area (Å²) in [5.41, 5.74) is -0.147. The van der Waals surface area contributed by atoms with Crippen molar-refractivity contribution in [1.29, 1.82) is 0 Å². The number of benzene rings is 3. The summed E-state index contributed by atoms with van der Waals surface area (Å²) in [4.78, 5) is 24.2. The van der Waals surface area contributed by atoms with Crippen molar-refractivity contribution < 1.29 is 35.9 Å². The molecule has 178 valence electrons. The third-order valence-corrected chi connectivity index (χ3v) is 5.99. The predicted octanol–water partition coefficient (Wildman–Crippen LogP) is 5.09. The standard InChI is InChI=1S/C24H20F3NO5S/c1-15(29)33-14-17-13-16(23(30)28-18-8-10-19(11-9-18)34(2,31)32)7-12-20(17)21-5-3-4-6-22(21)24(25,26)27/h3-13H,14H2,1-2H3,(H,28,30). The molecule has 0 unspecified atom stereocenters. The number of anilines is 1. The van der Waals surface area contributed by atoms with Gasteiger partial charge in [-0.3, -0.25) is 9.59 Å². The molecule has 0 radical (unpaired) electrons. The zero-order chi connectivity index (χ0) is 25.1. The zero-order valence-electron chi connectivity index (χ0n) is 18.1. The van der Waals surface area contributed by atoms with Gasteiger partial charge >= 0.3 is 12.1 Å². The summed E-state index contributed by atoms with van der Waals surface area (Å²) in [5, 5.41) is 2.60. The van der Waals surface area contributed by atoms with Gasteiger partial charge in [-0.05, 0) is 59.2 Å². The van der Waals surface area contributed by atoms with Gasteiger partial charge in [0.15, 0.2) is 9.84 Å². The molecule has 0 aliphatic carbocycles. The number of hydrogen-bond acceptors (Lipinski definition) is 5. The third-order valence-electron chi connectivity index (χ3n) is 4.86. The average Bonchev–Trinajstić information content (AvgIpc) is 2.76. The number of rotatable bonds is 6. The summed E-state index contributed by atoms with van der Waals surface area (Å²) in [6.07, 6.45) is -3.55. The largest absolute Gasteiger partial charge is 0.461 e. The molecule has 0 fully saturated rings. The highest BCUT2D eigenvalue weighted by atomic mass is 32.2. The number of nitrogens with one attached hydrogen (secondary N) is 1. The number of ether oxygens (including phenoxy) is 1. The number of halogens is 3. The first kappa shape index (κ1) is 25.0. The summed E-state index contributed by atoms with van der Waals surface area (Å²) in [6, 6.07) is 14.6. The van der Waals surface area contributed by atoms with Gasteiger partial charge in [0.05, 0.1) is 10.5 Å². The van der Waals surface area contributed by atoms with Gasteiger partial charge in [0.2, 0.25) is 0 Å². The molecular formula is C24H20F3NO5S. The van der Waals surface area contributed by atoms with Crippen LogP contribution in [0.25, 0.3) is 11.1 Å².